The standard InChI is InChI=1S/CH5BNSi/c1-2(3)4/h3H2,1H3. The molecule has 0 fully saturated rings. The summed E-state index contributed by atoms with van der Waals surface area (Å²) >= 11 is 0. The van der Waals surface area contributed by atoms with Gasteiger partial charge in [-0.05, 0) is 0 Å². The fourth-order valence-corrected chi connectivity index (χ4v) is 0. The molecule has 0 aliphatic rings. The molecule has 0 saturated carbocycles. The van der Waals surface area contributed by atoms with Gasteiger partial charge in [-0.25, -0.2) is 0 Å². The Kier molecular flexibility index (Phi) is 1.64. The van der Waals surface area contributed by atoms with Crippen molar-refractivity contribution in [3.05, 3.63) is 0 Å². The van der Waals surface area contributed by atoms with Crippen molar-refractivity contribution in [3.8, 4) is 0 Å². The van der Waals surface area contributed by atoms with Crippen LogP contribution < -0.4 is 5.64 Å². The largest absolute Gasteiger partial charge is 0.373 e. The van der Waals surface area contributed by atoms with Gasteiger partial charge in [-0.3, -0.25) is 0 Å². The number of rotatable bonds is 0. The van der Waals surface area contributed by atoms with Crippen molar-refractivity contribution in [2.45, 2.75) is 6.82 Å². The van der Waals surface area contributed by atoms with E-state index in [0.717, 1.165) is 0 Å². The Morgan fingerprint density at radius 2 is 2.00 bits per heavy atom. The van der Waals surface area contributed by atoms with Gasteiger partial charge in [0.25, 0.3) is 0 Å². The molecule has 0 atom stereocenters. The average Bonchev–Trinajstić information content (AvgIpc) is 0.811. The molecule has 0 heterocycles. The molecule has 0 aliphatic carbocycles. The zero-order valence-corrected chi connectivity index (χ0v) is 3.65. The Bertz CT molecular complexity index is 12.8. The average molecular weight is 70.0 g/mol. The van der Waals surface area contributed by atoms with E-state index in [2.05, 4.69) is 10.1 Å². The van der Waals surface area contributed by atoms with Gasteiger partial charge in [0.1, 0.15) is 0 Å². The minimum atomic E-state index is 0.139. The molecule has 3 heteroatoms. The fraction of sp³-hybridized carbons (Fsp3) is 1.00. The van der Waals surface area contributed by atoms with Crippen LogP contribution in [0.2, 0.25) is 6.82 Å². The van der Waals surface area contributed by atoms with Gasteiger partial charge in [-0.2, -0.15) is 0 Å². The maximum absolute atomic E-state index is 5.02. The van der Waals surface area contributed by atoms with Crippen LogP contribution in [-0.2, 0) is 0 Å². The van der Waals surface area contributed by atoms with E-state index in [-0.39, 0.29) is 6.44 Å². The van der Waals surface area contributed by atoms with Gasteiger partial charge >= 0.3 is 0 Å². The smallest absolute Gasteiger partial charge is 0.193 e. The lowest BCUT2D eigenvalue weighted by Crippen LogP contribution is -2.20. The topological polar surface area (TPSA) is 26.0 Å². The predicted octanol–water partition coefficient (Wildman–Crippen LogP) is -0.768. The Labute approximate surface area is 30.0 Å². The molecular weight excluding hydrogens is 64.9 g/mol. The van der Waals surface area contributed by atoms with Crippen LogP contribution in [0.25, 0.3) is 0 Å². The summed E-state index contributed by atoms with van der Waals surface area (Å²) in [6, 6.07) is 0. The Morgan fingerprint density at radius 1 is 2.00 bits per heavy atom. The van der Waals surface area contributed by atoms with Crippen molar-refractivity contribution in [2.24, 2.45) is 5.64 Å². The molecule has 0 aromatic carbocycles. The van der Waals surface area contributed by atoms with Crippen LogP contribution in [0, 0.1) is 0 Å². The van der Waals surface area contributed by atoms with E-state index >= 15 is 0 Å². The highest BCUT2D eigenvalue weighted by atomic mass is 28.1. The van der Waals surface area contributed by atoms with Crippen molar-refractivity contribution >= 4 is 16.6 Å². The maximum Gasteiger partial charge on any atom is 0.193 e. The van der Waals surface area contributed by atoms with Gasteiger partial charge in [0, 0.05) is 10.1 Å². The van der Waals surface area contributed by atoms with Crippen LogP contribution in [0.5, 0.6) is 0 Å². The zero-order valence-electron chi connectivity index (χ0n) is 2.65. The van der Waals surface area contributed by atoms with Gasteiger partial charge in [-0.1, -0.05) is 6.82 Å². The van der Waals surface area contributed by atoms with E-state index in [1.54, 1.807) is 0 Å². The third kappa shape index (κ3) is 59.1. The third-order valence-electron chi connectivity index (χ3n) is 0. The molecule has 1 nitrogen and oxygen atoms in total. The lowest BCUT2D eigenvalue weighted by Gasteiger charge is -1.73. The zero-order chi connectivity index (χ0) is 3.58. The summed E-state index contributed by atoms with van der Waals surface area (Å²) in [5, 5.41) is 0. The minimum Gasteiger partial charge on any atom is -0.373 e. The van der Waals surface area contributed by atoms with Crippen LogP contribution in [0.1, 0.15) is 0 Å². The second-order valence-electron chi connectivity index (χ2n) is 0.789. The lowest BCUT2D eigenvalue weighted by atomic mass is 10.0. The molecule has 0 spiro atoms. The number of hydrogen-bond acceptors (Lipinski definition) is 1. The predicted molar refractivity (Wildman–Crippen MR) is 21.6 cm³/mol. The second-order valence-corrected chi connectivity index (χ2v) is 1.70. The summed E-state index contributed by atoms with van der Waals surface area (Å²) in [5.74, 6) is 0. The second kappa shape index (κ2) is 1.55. The summed E-state index contributed by atoms with van der Waals surface area (Å²) < 4.78 is 0. The van der Waals surface area contributed by atoms with Crippen LogP contribution in [0.3, 0.4) is 0 Å². The van der Waals surface area contributed by atoms with E-state index in [4.69, 9.17) is 5.64 Å². The third-order valence-corrected chi connectivity index (χ3v) is 0. The molecule has 0 aromatic heterocycles. The summed E-state index contributed by atoms with van der Waals surface area (Å²) in [7, 11) is 3.09. The molecule has 0 unspecified atom stereocenters. The van der Waals surface area contributed by atoms with Crippen LogP contribution in [0.15, 0.2) is 0 Å². The van der Waals surface area contributed by atoms with E-state index in [1.165, 1.54) is 0 Å². The Balaban J connectivity index is 2.32. The first-order valence-electron chi connectivity index (χ1n) is 1.20. The summed E-state index contributed by atoms with van der Waals surface area (Å²) in [4.78, 5) is 0. The van der Waals surface area contributed by atoms with E-state index in [9.17, 15) is 0 Å². The Morgan fingerprint density at radius 3 is 2.00 bits per heavy atom. The summed E-state index contributed by atoms with van der Waals surface area (Å²) in [6.07, 6.45) is 0.139. The van der Waals surface area contributed by atoms with E-state index in [1.807, 2.05) is 6.82 Å². The first-order chi connectivity index (χ1) is 1.73. The molecule has 21 valence electrons. The fourth-order valence-electron chi connectivity index (χ4n) is 0. The molecule has 0 amide bonds. The van der Waals surface area contributed by atoms with Crippen molar-refractivity contribution in [3.63, 3.8) is 0 Å². The first kappa shape index (κ1) is 4.24. The summed E-state index contributed by atoms with van der Waals surface area (Å²) in [5.41, 5.74) is 5.02. The van der Waals surface area contributed by atoms with Crippen LogP contribution in [-0.4, -0.2) is 16.6 Å². The quantitative estimate of drug-likeness (QED) is 0.372. The first-order valence-corrected chi connectivity index (χ1v) is 1.78. The van der Waals surface area contributed by atoms with Gasteiger partial charge in [0.15, 0.2) is 6.44 Å². The highest BCUT2D eigenvalue weighted by Gasteiger charge is 1.77. The molecule has 0 aromatic rings. The van der Waals surface area contributed by atoms with E-state index in [0.29, 0.717) is 0 Å². The lowest BCUT2D eigenvalue weighted by molar-refractivity contribution is 1.85. The normalized spacial score (nSPS) is 6.75. The van der Waals surface area contributed by atoms with E-state index < -0.39 is 0 Å². The minimum absolute atomic E-state index is 0.139. The van der Waals surface area contributed by atoms with Crippen LogP contribution in [0.4, 0.5) is 0 Å². The molecule has 0 rings (SSSR count). The van der Waals surface area contributed by atoms with Crippen LogP contribution >= 0.6 is 0 Å². The number of hydrogen-bond donors (Lipinski definition) is 1. The van der Waals surface area contributed by atoms with Gasteiger partial charge in [0.05, 0.1) is 0 Å². The molecule has 0 bridgehead atoms. The SMILES string of the molecule is CB(N)[Si]. The van der Waals surface area contributed by atoms with Gasteiger partial charge < -0.3 is 5.64 Å². The Hall–Kier alpha value is 0.242. The highest BCUT2D eigenvalue weighted by molar-refractivity contribution is 7.00. The number of nitrogens with two attached hydrogens (primary N) is 1. The van der Waals surface area contributed by atoms with Gasteiger partial charge in [0.2, 0.25) is 0 Å². The highest BCUT2D eigenvalue weighted by Crippen LogP contribution is 1.42. The monoisotopic (exact) mass is 70.0 g/mol. The van der Waals surface area contributed by atoms with Crippen molar-refractivity contribution in [2.75, 3.05) is 0 Å². The van der Waals surface area contributed by atoms with Gasteiger partial charge in [-0.15, -0.1) is 0 Å². The van der Waals surface area contributed by atoms with Crippen molar-refractivity contribution < 1.29 is 0 Å². The summed E-state index contributed by atoms with van der Waals surface area (Å²) in [6.45, 7) is 1.86. The molecule has 4 heavy (non-hydrogen) atoms. The maximum atomic E-state index is 5.02. The molecule has 3 radical (unpaired) electrons. The molecule has 2 N–H and O–H groups in total. The van der Waals surface area contributed by atoms with Crippen molar-refractivity contribution in [1.82, 2.24) is 0 Å². The molecule has 0 aliphatic heterocycles. The molecule has 0 saturated heterocycles. The van der Waals surface area contributed by atoms with Crippen molar-refractivity contribution in [1.29, 1.82) is 0 Å². The molecular formula is CH5BNSi.